The zero-order valence-corrected chi connectivity index (χ0v) is 13.5. The number of hydrazine groups is 1. The molecule has 26 heavy (non-hydrogen) atoms. The molecule has 12 heteroatoms. The number of carbonyl (C=O) groups excluding carboxylic acids is 1. The van der Waals surface area contributed by atoms with Gasteiger partial charge in [-0.3, -0.25) is 14.9 Å². The highest BCUT2D eigenvalue weighted by molar-refractivity contribution is 6.30. The highest BCUT2D eigenvalue weighted by Crippen LogP contribution is 2.31. The van der Waals surface area contributed by atoms with Gasteiger partial charge in [-0.15, -0.1) is 0 Å². The molecular weight excluding hydrogens is 384 g/mol. The minimum Gasteiger partial charge on any atom is -0.454 e. The molecule has 0 aromatic carbocycles. The van der Waals surface area contributed by atoms with Gasteiger partial charge in [0.2, 0.25) is 5.72 Å². The Hall–Kier alpha value is -2.53. The van der Waals surface area contributed by atoms with Crippen molar-refractivity contribution in [3.05, 3.63) is 52.8 Å². The van der Waals surface area contributed by atoms with Gasteiger partial charge in [0.25, 0.3) is 12.9 Å². The van der Waals surface area contributed by atoms with Crippen LogP contribution in [0.25, 0.3) is 0 Å². The summed E-state index contributed by atoms with van der Waals surface area (Å²) in [7, 11) is 0. The number of hydrogen-bond acceptors (Lipinski definition) is 5. The van der Waals surface area contributed by atoms with Crippen molar-refractivity contribution in [3.8, 4) is 0 Å². The van der Waals surface area contributed by atoms with Crippen molar-refractivity contribution >= 4 is 17.5 Å². The van der Waals surface area contributed by atoms with Gasteiger partial charge < -0.3 is 9.52 Å². The monoisotopic (exact) mass is 394 g/mol. The molecule has 3 rings (SSSR count). The maximum atomic E-state index is 13.2. The number of furan rings is 1. The number of halogens is 5. The maximum absolute atomic E-state index is 13.2. The second-order valence-electron chi connectivity index (χ2n) is 5.36. The first-order chi connectivity index (χ1) is 12.2. The van der Waals surface area contributed by atoms with Crippen molar-refractivity contribution in [1.29, 1.82) is 0 Å². The first kappa shape index (κ1) is 18.3. The number of allylic oxidation sites excluding steroid dienone is 1. The number of nitrogens with zero attached hydrogens (tertiary/aromatic N) is 3. The highest BCUT2D eigenvalue weighted by Gasteiger charge is 2.51. The Kier molecular flexibility index (Phi) is 4.67. The highest BCUT2D eigenvalue weighted by atomic mass is 35.5. The lowest BCUT2D eigenvalue weighted by Gasteiger charge is -2.30. The van der Waals surface area contributed by atoms with Crippen LogP contribution in [0.2, 0.25) is 5.02 Å². The summed E-state index contributed by atoms with van der Waals surface area (Å²) in [4.78, 5) is 12.4. The molecule has 0 spiro atoms. The molecule has 1 aliphatic heterocycles. The Labute approximate surface area is 148 Å². The fraction of sp³-hybridized carbons (Fsp3) is 0.286. The van der Waals surface area contributed by atoms with Crippen LogP contribution in [-0.4, -0.2) is 44.4 Å². The third-order valence-electron chi connectivity index (χ3n) is 3.52. The summed E-state index contributed by atoms with van der Waals surface area (Å²) in [5.41, 5.74) is -2.45. The molecule has 0 saturated carbocycles. The third-order valence-corrected chi connectivity index (χ3v) is 3.71. The molecule has 0 radical (unpaired) electrons. The first-order valence-corrected chi connectivity index (χ1v) is 7.48. The number of alkyl halides is 4. The van der Waals surface area contributed by atoms with E-state index < -0.39 is 35.9 Å². The lowest BCUT2D eigenvalue weighted by atomic mass is 10.2. The van der Waals surface area contributed by atoms with Gasteiger partial charge in [-0.05, 0) is 12.1 Å². The minimum atomic E-state index is -3.53. The SMILES string of the molecule is O=C(c1ccc(Cn2cc(Cl)cn2)o1)N1NC(C(F)F)=CC1(O)C(F)F. The van der Waals surface area contributed by atoms with E-state index >= 15 is 0 Å². The molecule has 0 aliphatic carbocycles. The second-order valence-corrected chi connectivity index (χ2v) is 5.80. The summed E-state index contributed by atoms with van der Waals surface area (Å²) in [6.45, 7) is 0.0904. The molecule has 1 aliphatic rings. The van der Waals surface area contributed by atoms with Gasteiger partial charge in [0, 0.05) is 12.3 Å². The average molecular weight is 395 g/mol. The summed E-state index contributed by atoms with van der Waals surface area (Å²) in [5.74, 6) is -1.45. The van der Waals surface area contributed by atoms with E-state index in [1.54, 1.807) is 5.43 Å². The van der Waals surface area contributed by atoms with Crippen LogP contribution in [0.5, 0.6) is 0 Å². The van der Waals surface area contributed by atoms with Crippen molar-refractivity contribution in [2.24, 2.45) is 0 Å². The molecule has 140 valence electrons. The topological polar surface area (TPSA) is 83.5 Å². The molecule has 1 unspecified atom stereocenters. The Morgan fingerprint density at radius 1 is 1.38 bits per heavy atom. The van der Waals surface area contributed by atoms with Gasteiger partial charge in [0.05, 0.1) is 23.5 Å². The van der Waals surface area contributed by atoms with Crippen LogP contribution in [0.15, 0.2) is 40.7 Å². The van der Waals surface area contributed by atoms with E-state index in [1.807, 2.05) is 0 Å². The molecule has 1 atom stereocenters. The number of carbonyl (C=O) groups is 1. The van der Waals surface area contributed by atoms with Crippen LogP contribution in [0.4, 0.5) is 17.6 Å². The van der Waals surface area contributed by atoms with Crippen LogP contribution < -0.4 is 5.43 Å². The van der Waals surface area contributed by atoms with E-state index in [2.05, 4.69) is 5.10 Å². The summed E-state index contributed by atoms with van der Waals surface area (Å²) in [6, 6.07) is 2.54. The molecule has 0 fully saturated rings. The Morgan fingerprint density at radius 2 is 2.12 bits per heavy atom. The Bertz CT molecular complexity index is 853. The number of nitrogens with one attached hydrogen (secondary N) is 1. The minimum absolute atomic E-state index is 0.00650. The molecule has 7 nitrogen and oxygen atoms in total. The van der Waals surface area contributed by atoms with Gasteiger partial charge in [-0.1, -0.05) is 11.6 Å². The van der Waals surface area contributed by atoms with Crippen LogP contribution in [0.3, 0.4) is 0 Å². The smallest absolute Gasteiger partial charge is 0.311 e. The van der Waals surface area contributed by atoms with Crippen LogP contribution >= 0.6 is 11.6 Å². The van der Waals surface area contributed by atoms with Crippen molar-refractivity contribution in [2.75, 3.05) is 0 Å². The lowest BCUT2D eigenvalue weighted by molar-refractivity contribution is -0.147. The molecule has 2 N–H and O–H groups in total. The number of aromatic nitrogens is 2. The largest absolute Gasteiger partial charge is 0.454 e. The van der Waals surface area contributed by atoms with Gasteiger partial charge in [-0.25, -0.2) is 22.6 Å². The van der Waals surface area contributed by atoms with E-state index in [1.165, 1.54) is 23.1 Å². The quantitative estimate of drug-likeness (QED) is 0.760. The fourth-order valence-corrected chi connectivity index (χ4v) is 2.46. The van der Waals surface area contributed by atoms with Crippen LogP contribution in [-0.2, 0) is 6.54 Å². The average Bonchev–Trinajstić information content (AvgIpc) is 3.27. The predicted octanol–water partition coefficient (Wildman–Crippen LogP) is 2.24. The van der Waals surface area contributed by atoms with Crippen LogP contribution in [0.1, 0.15) is 16.3 Å². The van der Waals surface area contributed by atoms with Crippen LogP contribution in [0, 0.1) is 0 Å². The van der Waals surface area contributed by atoms with Gasteiger partial charge >= 0.3 is 5.91 Å². The molecule has 2 aromatic heterocycles. The standard InChI is InChI=1S/C14H11ClF4N4O3/c15-7-4-20-22(5-7)6-8-1-2-10(26-8)12(24)23-14(25,13(18)19)3-9(21-23)11(16)17/h1-5,11,13,21,25H,6H2. The lowest BCUT2D eigenvalue weighted by Crippen LogP contribution is -2.56. The van der Waals surface area contributed by atoms with E-state index in [0.717, 1.165) is 6.07 Å². The maximum Gasteiger partial charge on any atom is 0.311 e. The van der Waals surface area contributed by atoms with E-state index in [-0.39, 0.29) is 23.4 Å². The van der Waals surface area contributed by atoms with Gasteiger partial charge in [0.1, 0.15) is 5.76 Å². The number of amides is 1. The van der Waals surface area contributed by atoms with E-state index in [9.17, 15) is 27.5 Å². The van der Waals surface area contributed by atoms with Gasteiger partial charge in [-0.2, -0.15) is 5.10 Å². The first-order valence-electron chi connectivity index (χ1n) is 7.10. The zero-order valence-electron chi connectivity index (χ0n) is 12.7. The summed E-state index contributed by atoms with van der Waals surface area (Å²) < 4.78 is 58.5. The molecule has 2 aromatic rings. The van der Waals surface area contributed by atoms with Crippen molar-refractivity contribution < 1.29 is 31.9 Å². The molecular formula is C14H11ClF4N4O3. The summed E-state index contributed by atoms with van der Waals surface area (Å²) in [5, 5.41) is 14.2. The molecule has 3 heterocycles. The summed E-state index contributed by atoms with van der Waals surface area (Å²) >= 11 is 5.72. The number of hydrogen-bond donors (Lipinski definition) is 2. The van der Waals surface area contributed by atoms with Gasteiger partial charge in [0.15, 0.2) is 5.76 Å². The molecule has 0 bridgehead atoms. The third kappa shape index (κ3) is 3.27. The fourth-order valence-electron chi connectivity index (χ4n) is 2.30. The van der Waals surface area contributed by atoms with Crippen molar-refractivity contribution in [2.45, 2.75) is 25.1 Å². The normalized spacial score (nSPS) is 20.0. The van der Waals surface area contributed by atoms with E-state index in [0.29, 0.717) is 5.02 Å². The predicted molar refractivity (Wildman–Crippen MR) is 79.4 cm³/mol. The second kappa shape index (κ2) is 6.65. The van der Waals surface area contributed by atoms with E-state index in [4.69, 9.17) is 16.0 Å². The molecule has 1 amide bonds. The summed E-state index contributed by atoms with van der Waals surface area (Å²) in [6.07, 6.45) is -3.64. The Morgan fingerprint density at radius 3 is 2.69 bits per heavy atom. The number of rotatable bonds is 5. The van der Waals surface area contributed by atoms with Crippen molar-refractivity contribution in [3.63, 3.8) is 0 Å². The molecule has 0 saturated heterocycles. The van der Waals surface area contributed by atoms with Crippen molar-refractivity contribution in [1.82, 2.24) is 20.2 Å². The Balaban J connectivity index is 1.80. The number of aliphatic hydroxyl groups is 1. The zero-order chi connectivity index (χ0) is 19.1.